The number of aromatic nitrogens is 3. The van der Waals surface area contributed by atoms with Crippen LogP contribution in [-0.4, -0.2) is 28.1 Å². The summed E-state index contributed by atoms with van der Waals surface area (Å²) in [5.41, 5.74) is 0.763. The first-order chi connectivity index (χ1) is 7.34. The molecule has 1 aliphatic heterocycles. The van der Waals surface area contributed by atoms with Gasteiger partial charge in [0, 0.05) is 13.1 Å². The van der Waals surface area contributed by atoms with Gasteiger partial charge >= 0.3 is 0 Å². The van der Waals surface area contributed by atoms with Crippen LogP contribution in [0.4, 0.5) is 0 Å². The van der Waals surface area contributed by atoms with E-state index < -0.39 is 0 Å². The van der Waals surface area contributed by atoms with E-state index in [1.54, 1.807) is 6.26 Å². The van der Waals surface area contributed by atoms with Gasteiger partial charge in [-0.3, -0.25) is 0 Å². The molecular formula is C9H9BrN4O. The lowest BCUT2D eigenvalue weighted by Gasteiger charge is -2.26. The second-order valence-electron chi connectivity index (χ2n) is 3.49. The third-order valence-corrected chi connectivity index (χ3v) is 3.12. The van der Waals surface area contributed by atoms with Crippen molar-refractivity contribution in [1.29, 1.82) is 0 Å². The molecule has 3 rings (SSSR count). The molecule has 1 aliphatic rings. The molecule has 0 amide bonds. The fourth-order valence-electron chi connectivity index (χ4n) is 1.50. The summed E-state index contributed by atoms with van der Waals surface area (Å²) in [4.78, 5) is 0. The van der Waals surface area contributed by atoms with Crippen molar-refractivity contribution in [3.8, 4) is 11.5 Å². The lowest BCUT2D eigenvalue weighted by molar-refractivity contribution is 0.313. The molecule has 0 unspecified atom stereocenters. The van der Waals surface area contributed by atoms with Crippen molar-refractivity contribution < 1.29 is 4.42 Å². The van der Waals surface area contributed by atoms with Crippen LogP contribution in [0.2, 0.25) is 0 Å². The first-order valence-corrected chi connectivity index (χ1v) is 5.50. The van der Waals surface area contributed by atoms with Gasteiger partial charge in [0.05, 0.1) is 23.0 Å². The highest BCUT2D eigenvalue weighted by molar-refractivity contribution is 9.10. The van der Waals surface area contributed by atoms with Gasteiger partial charge in [-0.25, -0.2) is 4.68 Å². The zero-order valence-electron chi connectivity index (χ0n) is 7.85. The van der Waals surface area contributed by atoms with Crippen LogP contribution in [-0.2, 0) is 0 Å². The van der Waals surface area contributed by atoms with E-state index in [4.69, 9.17) is 4.42 Å². The van der Waals surface area contributed by atoms with E-state index in [0.717, 1.165) is 29.0 Å². The van der Waals surface area contributed by atoms with E-state index >= 15 is 0 Å². The highest BCUT2D eigenvalue weighted by atomic mass is 79.9. The molecule has 1 N–H and O–H groups in total. The Hall–Kier alpha value is -1.14. The van der Waals surface area contributed by atoms with Crippen LogP contribution in [0, 0.1) is 0 Å². The molecule has 0 saturated carbocycles. The molecule has 2 aromatic rings. The Labute approximate surface area is 94.6 Å². The summed E-state index contributed by atoms with van der Waals surface area (Å²) in [5, 5.41) is 11.4. The van der Waals surface area contributed by atoms with E-state index in [0.29, 0.717) is 6.04 Å². The van der Waals surface area contributed by atoms with Gasteiger partial charge in [-0.1, -0.05) is 5.21 Å². The van der Waals surface area contributed by atoms with Crippen molar-refractivity contribution in [1.82, 2.24) is 20.3 Å². The lowest BCUT2D eigenvalue weighted by Crippen LogP contribution is -2.43. The van der Waals surface area contributed by atoms with Gasteiger partial charge in [-0.2, -0.15) is 0 Å². The van der Waals surface area contributed by atoms with E-state index in [-0.39, 0.29) is 0 Å². The second-order valence-corrected chi connectivity index (χ2v) is 4.35. The first kappa shape index (κ1) is 9.11. The number of furan rings is 1. The minimum absolute atomic E-state index is 0.431. The number of rotatable bonds is 2. The molecule has 1 saturated heterocycles. The summed E-state index contributed by atoms with van der Waals surface area (Å²) in [6, 6.07) is 2.28. The number of hydrogen-bond donors (Lipinski definition) is 1. The van der Waals surface area contributed by atoms with E-state index in [9.17, 15) is 0 Å². The molecule has 0 radical (unpaired) electrons. The monoisotopic (exact) mass is 268 g/mol. The van der Waals surface area contributed by atoms with Gasteiger partial charge in [0.1, 0.15) is 5.69 Å². The average Bonchev–Trinajstić information content (AvgIpc) is 2.70. The summed E-state index contributed by atoms with van der Waals surface area (Å²) in [6.07, 6.45) is 3.54. The predicted octanol–water partition coefficient (Wildman–Crippen LogP) is 1.44. The molecule has 78 valence electrons. The first-order valence-electron chi connectivity index (χ1n) is 4.70. The molecule has 0 atom stereocenters. The number of halogens is 1. The van der Waals surface area contributed by atoms with Crippen LogP contribution < -0.4 is 5.32 Å². The quantitative estimate of drug-likeness (QED) is 0.896. The van der Waals surface area contributed by atoms with Crippen molar-refractivity contribution in [2.45, 2.75) is 6.04 Å². The number of nitrogens with one attached hydrogen (secondary N) is 1. The minimum atomic E-state index is 0.431. The Balaban J connectivity index is 1.93. The maximum absolute atomic E-state index is 5.32. The third-order valence-electron chi connectivity index (χ3n) is 2.49. The summed E-state index contributed by atoms with van der Waals surface area (Å²) in [5.74, 6) is 0.730. The van der Waals surface area contributed by atoms with Gasteiger partial charge in [0.2, 0.25) is 0 Å². The van der Waals surface area contributed by atoms with Crippen LogP contribution in [0.3, 0.4) is 0 Å². The lowest BCUT2D eigenvalue weighted by atomic mass is 10.2. The zero-order chi connectivity index (χ0) is 10.3. The predicted molar refractivity (Wildman–Crippen MR) is 57.3 cm³/mol. The molecule has 5 nitrogen and oxygen atoms in total. The molecule has 6 heteroatoms. The second kappa shape index (κ2) is 3.46. The van der Waals surface area contributed by atoms with Crippen LogP contribution in [0.15, 0.2) is 27.4 Å². The number of hydrogen-bond acceptors (Lipinski definition) is 4. The highest BCUT2D eigenvalue weighted by Crippen LogP contribution is 2.27. The molecule has 0 aromatic carbocycles. The van der Waals surface area contributed by atoms with Crippen molar-refractivity contribution in [3.63, 3.8) is 0 Å². The Kier molecular flexibility index (Phi) is 2.10. The summed E-state index contributed by atoms with van der Waals surface area (Å²) in [7, 11) is 0. The van der Waals surface area contributed by atoms with E-state index in [1.807, 2.05) is 16.9 Å². The smallest absolute Gasteiger partial charge is 0.169 e. The molecule has 0 spiro atoms. The fourth-order valence-corrected chi connectivity index (χ4v) is 1.90. The van der Waals surface area contributed by atoms with Gasteiger partial charge in [0.15, 0.2) is 5.76 Å². The van der Waals surface area contributed by atoms with Crippen LogP contribution >= 0.6 is 15.9 Å². The average molecular weight is 269 g/mol. The molecular weight excluding hydrogens is 260 g/mol. The molecule has 2 aromatic heterocycles. The van der Waals surface area contributed by atoms with E-state index in [1.165, 1.54) is 0 Å². The Morgan fingerprint density at radius 1 is 1.53 bits per heavy atom. The maximum atomic E-state index is 5.32. The van der Waals surface area contributed by atoms with Crippen LogP contribution in [0.1, 0.15) is 6.04 Å². The van der Waals surface area contributed by atoms with Gasteiger partial charge in [-0.15, -0.1) is 5.10 Å². The molecule has 0 bridgehead atoms. The van der Waals surface area contributed by atoms with Crippen molar-refractivity contribution >= 4 is 15.9 Å². The molecule has 3 heterocycles. The Morgan fingerprint density at radius 3 is 3.00 bits per heavy atom. The molecule has 1 fully saturated rings. The summed E-state index contributed by atoms with van der Waals surface area (Å²) < 4.78 is 8.10. The van der Waals surface area contributed by atoms with E-state index in [2.05, 4.69) is 31.6 Å². The molecule has 15 heavy (non-hydrogen) atoms. The van der Waals surface area contributed by atoms with Gasteiger partial charge < -0.3 is 9.73 Å². The zero-order valence-corrected chi connectivity index (χ0v) is 9.44. The largest absolute Gasteiger partial charge is 0.461 e. The van der Waals surface area contributed by atoms with Crippen LogP contribution in [0.5, 0.6) is 0 Å². The fraction of sp³-hybridized carbons (Fsp3) is 0.333. The van der Waals surface area contributed by atoms with Crippen molar-refractivity contribution in [2.75, 3.05) is 13.1 Å². The maximum Gasteiger partial charge on any atom is 0.169 e. The summed E-state index contributed by atoms with van der Waals surface area (Å²) >= 11 is 3.40. The van der Waals surface area contributed by atoms with Crippen LogP contribution in [0.25, 0.3) is 11.5 Å². The summed E-state index contributed by atoms with van der Waals surface area (Å²) in [6.45, 7) is 1.92. The Morgan fingerprint density at radius 2 is 2.40 bits per heavy atom. The standard InChI is InChI=1S/C9H9BrN4O/c10-7-1-2-15-9(7)8-5-14(13-12-8)6-3-11-4-6/h1-2,5-6,11H,3-4H2. The third kappa shape index (κ3) is 1.49. The minimum Gasteiger partial charge on any atom is -0.461 e. The van der Waals surface area contributed by atoms with Gasteiger partial charge in [-0.05, 0) is 22.0 Å². The Bertz CT molecular complexity index is 474. The SMILES string of the molecule is Brc1ccoc1-c1cn(C2CNC2)nn1. The molecule has 0 aliphatic carbocycles. The van der Waals surface area contributed by atoms with Crippen molar-refractivity contribution in [2.24, 2.45) is 0 Å². The normalized spacial score (nSPS) is 16.6. The van der Waals surface area contributed by atoms with Gasteiger partial charge in [0.25, 0.3) is 0 Å². The van der Waals surface area contributed by atoms with Crippen molar-refractivity contribution in [3.05, 3.63) is 23.0 Å². The topological polar surface area (TPSA) is 55.9 Å². The number of nitrogens with zero attached hydrogens (tertiary/aromatic N) is 3. The highest BCUT2D eigenvalue weighted by Gasteiger charge is 2.21.